The van der Waals surface area contributed by atoms with Crippen LogP contribution in [0.5, 0.6) is 0 Å². The molecule has 4 fully saturated rings. The first kappa shape index (κ1) is 110. The number of carbonyl (C=O) groups excluding carboxylic acids is 4. The van der Waals surface area contributed by atoms with Crippen molar-refractivity contribution in [3.63, 3.8) is 0 Å². The first-order valence-corrected chi connectivity index (χ1v) is 51.0. The molecule has 4 amide bonds. The summed E-state index contributed by atoms with van der Waals surface area (Å²) < 4.78 is 214. The average Bonchev–Trinajstić information content (AvgIpc) is 1.33. The van der Waals surface area contributed by atoms with E-state index in [9.17, 15) is 83.9 Å². The molecule has 0 bridgehead atoms. The summed E-state index contributed by atoms with van der Waals surface area (Å²) in [4.78, 5) is 69.1. The van der Waals surface area contributed by atoms with Crippen LogP contribution in [0, 0.1) is 29.6 Å². The zero-order chi connectivity index (χ0) is 99.2. The van der Waals surface area contributed by atoms with Crippen molar-refractivity contribution < 1.29 is 112 Å². The van der Waals surface area contributed by atoms with Crippen molar-refractivity contribution in [2.75, 3.05) is 36.4 Å². The summed E-state index contributed by atoms with van der Waals surface area (Å²) in [6, 6.07) is 29.9. The fraction of sp³-hybridized carbons (Fsp3) is 0.533. The molecule has 133 heavy (non-hydrogen) atoms. The van der Waals surface area contributed by atoms with Crippen LogP contribution < -0.4 is 19.8 Å². The molecule has 5 aromatic carbocycles. The third-order valence-electron chi connectivity index (χ3n) is 21.2. The molecule has 7 atom stereocenters. The van der Waals surface area contributed by atoms with Gasteiger partial charge in [0.1, 0.15) is 16.8 Å². The van der Waals surface area contributed by atoms with E-state index in [4.69, 9.17) is 23.5 Å². The Bertz CT molecular complexity index is 5790. The molecule has 1 unspecified atom stereocenters. The predicted octanol–water partition coefficient (Wildman–Crippen LogP) is 22.4. The highest BCUT2D eigenvalue weighted by Crippen LogP contribution is 2.42. The number of fused-ring (bicyclic) bond motifs is 4. The molecule has 26 nitrogen and oxygen atoms in total. The number of imide groups is 1. The Labute approximate surface area is 788 Å². The van der Waals surface area contributed by atoms with Gasteiger partial charge in [0.2, 0.25) is 5.91 Å². The van der Waals surface area contributed by atoms with Crippen LogP contribution in [0.2, 0.25) is 0 Å². The number of nitrogens with zero attached hydrogens (tertiary/aromatic N) is 8. The lowest BCUT2D eigenvalue weighted by Crippen LogP contribution is -2.51. The summed E-state index contributed by atoms with van der Waals surface area (Å²) in [5, 5.41) is 7.10. The maximum atomic E-state index is 12.6. The van der Waals surface area contributed by atoms with Crippen LogP contribution in [0.25, 0.3) is 52.3 Å². The Kier molecular flexibility index (Phi) is 37.2. The highest BCUT2D eigenvalue weighted by Gasteiger charge is 2.62. The smallest absolute Gasteiger partial charge is 0.444 e. The Hall–Kier alpha value is -8.66. The second-order valence-electron chi connectivity index (χ2n) is 36.6. The van der Waals surface area contributed by atoms with Crippen molar-refractivity contribution in [2.24, 2.45) is 29.6 Å². The van der Waals surface area contributed by atoms with Crippen LogP contribution >= 0.6 is 45.3 Å². The molecular weight excluding hydrogens is 1880 g/mol. The lowest BCUT2D eigenvalue weighted by molar-refractivity contribution is -0.133. The standard InChI is InChI=1S/C18H22N2O2S.C13H16BNO2S.C13H16N2S.C13H14N2S.C12H20F3NO5S.C11H19NO3.C8H5F6NO4S2.C2H6/c1-12-5-7-15(20(10-12)17(21)22-18(2,3)4)13-6-8-16-14(9-13)19-11-23-16;1-12(2)13(3,4)17-14(16-12)9-5-6-11-10(7-9)15-8-18-11;2*1-9-2-4-11(14-7-9)10-3-5-13-12(6-10)15-8-16-13;1-8-5-6-9(21-22(18,19)12(13,14)15)16(7-8)10(17)20-11(2,3)4;1-8-5-6-9(13)12(7-8)10(14)15-11(2,3)4;9-7(10,11)20(16,17)15(6-4-2-1-3-5-6)21(18,19)8(12,13)14;1-2/h6-9,11-12H,5,10H2,1-4H3;5-8H,1-4H3;3,5-6,8-9,11,14H,2,4,7H2,1H3;3-6,8-9,14H,2,7H2,1H3;8-9H,5-7H2,1-4H3;8H,5-7H2,1-4H3;1-5H;1-2H3/t12-;;9-,11+;9-;8-,9?;8-;;/m0.0000../s1. The molecule has 0 aliphatic carbocycles. The van der Waals surface area contributed by atoms with E-state index < -0.39 is 91.3 Å². The molecule has 15 rings (SSSR count). The van der Waals surface area contributed by atoms with Crippen molar-refractivity contribution in [3.05, 3.63) is 154 Å². The van der Waals surface area contributed by atoms with Gasteiger partial charge in [0.05, 0.1) is 85.5 Å². The molecule has 4 aromatic heterocycles. The van der Waals surface area contributed by atoms with Gasteiger partial charge >= 0.3 is 72.1 Å². The minimum Gasteiger partial charge on any atom is -0.444 e. The number of nitrogens with one attached hydrogen (secondary N) is 2. The zero-order valence-corrected chi connectivity index (χ0v) is 83.7. The van der Waals surface area contributed by atoms with Gasteiger partial charge in [-0.25, -0.2) is 43.4 Å². The van der Waals surface area contributed by atoms with Crippen molar-refractivity contribution in [1.29, 1.82) is 0 Å². The summed E-state index contributed by atoms with van der Waals surface area (Å²) in [5.41, 5.74) is -3.18. The van der Waals surface area contributed by atoms with Crippen LogP contribution in [0.3, 0.4) is 0 Å². The summed E-state index contributed by atoms with van der Waals surface area (Å²) in [5.74, 6) is 2.24. The van der Waals surface area contributed by atoms with Crippen LogP contribution in [-0.4, -0.2) is 175 Å². The van der Waals surface area contributed by atoms with Crippen LogP contribution in [-0.2, 0) is 62.7 Å². The highest BCUT2D eigenvalue weighted by atomic mass is 32.3. The minimum absolute atomic E-state index is 0.000888. The molecule has 4 saturated heterocycles. The number of thiazole rings is 4. The number of allylic oxidation sites excluding steroid dienone is 2. The van der Waals surface area contributed by atoms with Gasteiger partial charge in [0.15, 0.2) is 6.23 Å². The Morgan fingerprint density at radius 2 is 0.940 bits per heavy atom. The van der Waals surface area contributed by atoms with Gasteiger partial charge in [0, 0.05) is 49.9 Å². The van der Waals surface area contributed by atoms with Crippen LogP contribution in [0.4, 0.5) is 59.6 Å². The Morgan fingerprint density at radius 1 is 0.496 bits per heavy atom. The first-order valence-electron chi connectivity index (χ1n) is 43.2. The van der Waals surface area contributed by atoms with E-state index in [2.05, 4.69) is 156 Å². The van der Waals surface area contributed by atoms with E-state index in [1.165, 1.54) is 48.7 Å². The number of hydrogen-bond donors (Lipinski definition) is 2. The summed E-state index contributed by atoms with van der Waals surface area (Å²) in [6.07, 6.45) is 7.63. The quantitative estimate of drug-likeness (QED) is 0.0446. The molecule has 9 aromatic rings. The molecule has 6 aliphatic heterocycles. The van der Waals surface area contributed by atoms with E-state index in [1.54, 1.807) is 98.7 Å². The van der Waals surface area contributed by atoms with Gasteiger partial charge in [0.25, 0.3) is 0 Å². The number of hydrogen-bond acceptors (Lipinski definition) is 26. The van der Waals surface area contributed by atoms with Crippen LogP contribution in [0.1, 0.15) is 213 Å². The number of sulfonamides is 2. The highest BCUT2D eigenvalue weighted by molar-refractivity contribution is 8.11. The number of para-hydroxylation sites is 1. The fourth-order valence-electron chi connectivity index (χ4n) is 13.7. The topological polar surface area (TPSA) is 315 Å². The predicted molar refractivity (Wildman–Crippen MR) is 506 cm³/mol. The SMILES string of the molecule is CC.CC1(C)OB(c2ccc3scnc3c2)OC1(C)C.C[C@H]1CC=C(c2ccc3scnc3c2)N(C(=O)OC(C)(C)C)C1.C[C@H]1CC=C(c2ccc3scnc3c2)NC1.C[C@H]1CCC(=O)N(C(=O)OC(C)(C)C)C1.C[C@H]1CCC(OS(=O)(=O)C(F)(F)F)N(C(=O)OC(C)(C)C)C1.C[C@H]1CC[C@H](c2ccc3scnc3c2)NC1.O=S(=O)(N(c1ccccc1)S(=O)(=O)C(F)(F)F)C(F)(F)F. The first-order chi connectivity index (χ1) is 61.6. The van der Waals surface area contributed by atoms with Gasteiger partial charge in [-0.05, 0) is 248 Å². The number of benzene rings is 5. The third kappa shape index (κ3) is 30.4. The van der Waals surface area contributed by atoms with Crippen molar-refractivity contribution in [1.82, 2.24) is 45.3 Å². The Morgan fingerprint density at radius 3 is 1.42 bits per heavy atom. The number of ether oxygens (including phenoxy) is 3. The monoisotopic (exact) mass is 2000 g/mol. The molecule has 0 saturated carbocycles. The van der Waals surface area contributed by atoms with E-state index in [1.807, 2.05) is 75.7 Å². The summed E-state index contributed by atoms with van der Waals surface area (Å²) in [7, 11) is -19.7. The lowest BCUT2D eigenvalue weighted by atomic mass is 9.79. The molecule has 732 valence electrons. The fourth-order valence-corrected chi connectivity index (χ4v) is 19.6. The molecule has 6 aliphatic rings. The second-order valence-corrected chi connectivity index (χ2v) is 45.5. The van der Waals surface area contributed by atoms with Gasteiger partial charge < -0.3 is 34.2 Å². The van der Waals surface area contributed by atoms with Gasteiger partial charge in [-0.1, -0.05) is 103 Å². The number of halogens is 9. The normalized spacial score (nSPS) is 20.6. The van der Waals surface area contributed by atoms with Gasteiger partial charge in [-0.2, -0.15) is 64.8 Å². The van der Waals surface area contributed by atoms with Crippen molar-refractivity contribution in [2.45, 2.75) is 247 Å². The zero-order valence-electron chi connectivity index (χ0n) is 78.0. The maximum Gasteiger partial charge on any atom is 0.523 e. The molecule has 0 radical (unpaired) electrons. The lowest BCUT2D eigenvalue weighted by Gasteiger charge is -2.38. The van der Waals surface area contributed by atoms with Gasteiger partial charge in [-0.15, -0.1) is 49.1 Å². The second kappa shape index (κ2) is 45.1. The van der Waals surface area contributed by atoms with Gasteiger partial charge in [-0.3, -0.25) is 14.6 Å². The number of carbonyl (C=O) groups is 4. The van der Waals surface area contributed by atoms with E-state index >= 15 is 0 Å². The number of anilines is 1. The molecule has 0 spiro atoms. The van der Waals surface area contributed by atoms with Crippen molar-refractivity contribution in [3.8, 4) is 0 Å². The molecule has 10 heterocycles. The van der Waals surface area contributed by atoms with Crippen molar-refractivity contribution >= 4 is 170 Å². The number of amides is 4. The number of alkyl halides is 9. The maximum absolute atomic E-state index is 12.6. The number of likely N-dealkylation sites (tertiary alicyclic amines) is 2. The summed E-state index contributed by atoms with van der Waals surface area (Å²) in [6.45, 7) is 42.1. The molecule has 43 heteroatoms. The number of piperidine rings is 3. The number of rotatable bonds is 9. The van der Waals surface area contributed by atoms with Crippen LogP contribution in [0.15, 0.2) is 137 Å². The minimum atomic E-state index is -6.81. The average molecular weight is 2000 g/mol. The van der Waals surface area contributed by atoms with E-state index in [-0.39, 0.29) is 49.2 Å². The Balaban J connectivity index is 0.000000191. The molecule has 2 N–H and O–H groups in total. The van der Waals surface area contributed by atoms with E-state index in [0.29, 0.717) is 55.9 Å². The van der Waals surface area contributed by atoms with E-state index in [0.717, 1.165) is 111 Å². The largest absolute Gasteiger partial charge is 0.523 e. The summed E-state index contributed by atoms with van der Waals surface area (Å²) >= 11 is 6.67. The molecular formula is C90H118BF9N10O16S7. The third-order valence-corrected chi connectivity index (χ3v) is 29.1. The number of aromatic nitrogens is 4.